The Kier molecular flexibility index (Phi) is 5.33. The van der Waals surface area contributed by atoms with Gasteiger partial charge in [-0.25, -0.2) is 8.42 Å². The Balaban J connectivity index is 1.16. The fourth-order valence-corrected chi connectivity index (χ4v) is 7.35. The molecule has 4 unspecified atom stereocenters. The van der Waals surface area contributed by atoms with Crippen molar-refractivity contribution in [2.24, 2.45) is 17.3 Å². The Morgan fingerprint density at radius 2 is 1.87 bits per heavy atom. The lowest BCUT2D eigenvalue weighted by Crippen LogP contribution is -2.51. The van der Waals surface area contributed by atoms with Gasteiger partial charge in [0.1, 0.15) is 0 Å². The highest BCUT2D eigenvalue weighted by Crippen LogP contribution is 2.62. The Morgan fingerprint density at radius 1 is 1.07 bits per heavy atom. The number of allylic oxidation sites excluding steroid dienone is 4. The summed E-state index contributed by atoms with van der Waals surface area (Å²) in [4.78, 5) is 5.53. The van der Waals surface area contributed by atoms with E-state index >= 15 is 0 Å². The zero-order valence-electron chi connectivity index (χ0n) is 18.3. The molecule has 30 heavy (non-hydrogen) atoms. The van der Waals surface area contributed by atoms with Crippen molar-refractivity contribution < 1.29 is 8.42 Å². The summed E-state index contributed by atoms with van der Waals surface area (Å²) in [6.45, 7) is 10.8. The van der Waals surface area contributed by atoms with E-state index in [4.69, 9.17) is 0 Å². The fourth-order valence-electron chi connectivity index (χ4n) is 5.85. The van der Waals surface area contributed by atoms with Crippen LogP contribution in [0.3, 0.4) is 0 Å². The SMILES string of the molecule is CCN1CC2CC2(C2=CCC(N3CCN(S(=O)(=O)C4=CCC(C)C=C4)CC3)C=C2)C1. The van der Waals surface area contributed by atoms with Crippen LogP contribution in [0.4, 0.5) is 0 Å². The minimum atomic E-state index is -3.35. The first kappa shape index (κ1) is 20.7. The molecule has 4 atom stereocenters. The van der Waals surface area contributed by atoms with E-state index in [1.165, 1.54) is 19.5 Å². The van der Waals surface area contributed by atoms with Crippen molar-refractivity contribution in [1.82, 2.24) is 14.1 Å². The second-order valence-electron chi connectivity index (χ2n) is 9.83. The van der Waals surface area contributed by atoms with E-state index in [0.29, 0.717) is 35.4 Å². The van der Waals surface area contributed by atoms with Gasteiger partial charge in [0, 0.05) is 50.7 Å². The van der Waals surface area contributed by atoms with Crippen molar-refractivity contribution in [3.63, 3.8) is 0 Å². The molecule has 0 amide bonds. The number of fused-ring (bicyclic) bond motifs is 1. The van der Waals surface area contributed by atoms with Crippen molar-refractivity contribution in [3.8, 4) is 0 Å². The molecule has 2 heterocycles. The molecular formula is C24H35N3O2S. The van der Waals surface area contributed by atoms with Crippen molar-refractivity contribution in [1.29, 1.82) is 0 Å². The molecule has 0 aromatic heterocycles. The second kappa shape index (κ2) is 7.73. The maximum absolute atomic E-state index is 13.0. The smallest absolute Gasteiger partial charge is 0.242 e. The minimum Gasteiger partial charge on any atom is -0.302 e. The predicted octanol–water partition coefficient (Wildman–Crippen LogP) is 3.01. The zero-order valence-corrected chi connectivity index (χ0v) is 19.2. The molecule has 5 nitrogen and oxygen atoms in total. The van der Waals surface area contributed by atoms with Gasteiger partial charge in [-0.3, -0.25) is 4.90 Å². The van der Waals surface area contributed by atoms with Crippen molar-refractivity contribution in [3.05, 3.63) is 46.9 Å². The lowest BCUT2D eigenvalue weighted by molar-refractivity contribution is 0.159. The van der Waals surface area contributed by atoms with Gasteiger partial charge in [0.15, 0.2) is 0 Å². The number of likely N-dealkylation sites (tertiary alicyclic amines) is 1. The summed E-state index contributed by atoms with van der Waals surface area (Å²) in [7, 11) is -3.35. The molecule has 6 heteroatoms. The van der Waals surface area contributed by atoms with E-state index in [-0.39, 0.29) is 0 Å². The minimum absolute atomic E-state index is 0.408. The first-order chi connectivity index (χ1) is 14.4. The standard InChI is InChI=1S/C24H35N3O2S/c1-3-25-17-21-16-24(21,18-25)20-6-8-22(9-7-20)26-12-14-27(15-13-26)30(28,29)23-10-4-19(2)5-11-23/h4,6-8,10-11,19,21-22H,3,5,9,12-18H2,1-2H3. The van der Waals surface area contributed by atoms with Gasteiger partial charge in [0.2, 0.25) is 10.0 Å². The summed E-state index contributed by atoms with van der Waals surface area (Å²) in [6, 6.07) is 0.408. The summed E-state index contributed by atoms with van der Waals surface area (Å²) >= 11 is 0. The number of hydrogen-bond donors (Lipinski definition) is 0. The molecular weight excluding hydrogens is 394 g/mol. The molecule has 0 aromatic rings. The van der Waals surface area contributed by atoms with Crippen LogP contribution in [0.5, 0.6) is 0 Å². The van der Waals surface area contributed by atoms with Gasteiger partial charge in [0.05, 0.1) is 4.91 Å². The Bertz CT molecular complexity index is 911. The maximum Gasteiger partial charge on any atom is 0.242 e. The maximum atomic E-state index is 13.0. The predicted molar refractivity (Wildman–Crippen MR) is 121 cm³/mol. The summed E-state index contributed by atoms with van der Waals surface area (Å²) in [5, 5.41) is 0. The first-order valence-corrected chi connectivity index (χ1v) is 13.1. The zero-order chi connectivity index (χ0) is 20.9. The molecule has 0 bridgehead atoms. The Morgan fingerprint density at radius 3 is 2.47 bits per heavy atom. The van der Waals surface area contributed by atoms with Crippen LogP contribution in [0, 0.1) is 17.3 Å². The third-order valence-electron chi connectivity index (χ3n) is 7.98. The van der Waals surface area contributed by atoms with Gasteiger partial charge in [-0.05, 0) is 49.3 Å². The van der Waals surface area contributed by atoms with Crippen LogP contribution >= 0.6 is 0 Å². The highest BCUT2D eigenvalue weighted by Gasteiger charge is 2.60. The van der Waals surface area contributed by atoms with Gasteiger partial charge < -0.3 is 4.90 Å². The van der Waals surface area contributed by atoms with Crippen molar-refractivity contribution >= 4 is 10.0 Å². The summed E-state index contributed by atoms with van der Waals surface area (Å²) in [5.41, 5.74) is 2.01. The summed E-state index contributed by atoms with van der Waals surface area (Å²) < 4.78 is 27.6. The van der Waals surface area contributed by atoms with Crippen LogP contribution in [0.1, 0.15) is 33.1 Å². The van der Waals surface area contributed by atoms with Crippen LogP contribution in [0.25, 0.3) is 0 Å². The lowest BCUT2D eigenvalue weighted by atomic mass is 9.88. The molecule has 0 radical (unpaired) electrons. The molecule has 0 spiro atoms. The third-order valence-corrected chi connectivity index (χ3v) is 9.92. The van der Waals surface area contributed by atoms with E-state index in [1.54, 1.807) is 16.0 Å². The van der Waals surface area contributed by atoms with Crippen molar-refractivity contribution in [2.45, 2.75) is 39.2 Å². The number of piperidine rings is 1. The van der Waals surface area contributed by atoms with Gasteiger partial charge >= 0.3 is 0 Å². The number of rotatable bonds is 5. The molecule has 5 rings (SSSR count). The van der Waals surface area contributed by atoms with Crippen LogP contribution in [-0.4, -0.2) is 74.4 Å². The fraction of sp³-hybridized carbons (Fsp3) is 0.667. The Labute approximate surface area is 181 Å². The van der Waals surface area contributed by atoms with Crippen LogP contribution in [-0.2, 0) is 10.0 Å². The normalized spacial score (nSPS) is 37.7. The number of nitrogens with zero attached hydrogens (tertiary/aromatic N) is 3. The van der Waals surface area contributed by atoms with E-state index in [0.717, 1.165) is 38.4 Å². The molecule has 3 aliphatic carbocycles. The van der Waals surface area contributed by atoms with Crippen LogP contribution < -0.4 is 0 Å². The highest BCUT2D eigenvalue weighted by molar-refractivity contribution is 7.93. The Hall–Kier alpha value is -1.21. The molecule has 1 saturated carbocycles. The molecule has 2 aliphatic heterocycles. The average molecular weight is 430 g/mol. The highest BCUT2D eigenvalue weighted by atomic mass is 32.2. The molecule has 0 N–H and O–H groups in total. The molecule has 0 aromatic carbocycles. The van der Waals surface area contributed by atoms with Crippen LogP contribution in [0.15, 0.2) is 46.9 Å². The lowest BCUT2D eigenvalue weighted by Gasteiger charge is -2.38. The number of sulfonamides is 1. The number of piperazine rings is 1. The first-order valence-electron chi connectivity index (χ1n) is 11.7. The second-order valence-corrected chi connectivity index (χ2v) is 11.8. The van der Waals surface area contributed by atoms with E-state index in [2.05, 4.69) is 41.9 Å². The molecule has 164 valence electrons. The topological polar surface area (TPSA) is 43.9 Å². The van der Waals surface area contributed by atoms with E-state index in [9.17, 15) is 8.42 Å². The van der Waals surface area contributed by atoms with Crippen molar-refractivity contribution in [2.75, 3.05) is 45.8 Å². The van der Waals surface area contributed by atoms with E-state index < -0.39 is 10.0 Å². The summed E-state index contributed by atoms with van der Waals surface area (Å²) in [5.74, 6) is 1.29. The quantitative estimate of drug-likeness (QED) is 0.674. The summed E-state index contributed by atoms with van der Waals surface area (Å²) in [6.07, 6.45) is 16.2. The number of hydrogen-bond acceptors (Lipinski definition) is 4. The van der Waals surface area contributed by atoms with E-state index in [1.807, 2.05) is 12.2 Å². The van der Waals surface area contributed by atoms with Gasteiger partial charge in [-0.15, -0.1) is 0 Å². The molecule has 2 saturated heterocycles. The third kappa shape index (κ3) is 3.56. The largest absolute Gasteiger partial charge is 0.302 e. The van der Waals surface area contributed by atoms with Gasteiger partial charge in [0.25, 0.3) is 0 Å². The molecule has 5 aliphatic rings. The van der Waals surface area contributed by atoms with Crippen LogP contribution in [0.2, 0.25) is 0 Å². The van der Waals surface area contributed by atoms with Gasteiger partial charge in [-0.1, -0.05) is 44.2 Å². The van der Waals surface area contributed by atoms with Gasteiger partial charge in [-0.2, -0.15) is 4.31 Å². The monoisotopic (exact) mass is 429 g/mol. The average Bonchev–Trinajstić information content (AvgIpc) is 3.35. The molecule has 3 fully saturated rings.